The van der Waals surface area contributed by atoms with Gasteiger partial charge in [0.05, 0.1) is 25.4 Å². The highest BCUT2D eigenvalue weighted by Gasteiger charge is 2.39. The molecule has 0 heterocycles. The van der Waals surface area contributed by atoms with Crippen LogP contribution in [0.1, 0.15) is 55.4 Å². The van der Waals surface area contributed by atoms with Crippen LogP contribution in [-0.4, -0.2) is 68.5 Å². The van der Waals surface area contributed by atoms with Crippen molar-refractivity contribution in [3.63, 3.8) is 0 Å². The molecule has 0 aliphatic carbocycles. The van der Waals surface area contributed by atoms with Crippen molar-refractivity contribution in [2.75, 3.05) is 30.0 Å². The second-order valence-corrected chi connectivity index (χ2v) is 11.1. The van der Waals surface area contributed by atoms with Gasteiger partial charge in [0.15, 0.2) is 0 Å². The van der Waals surface area contributed by atoms with Crippen molar-refractivity contribution in [3.05, 3.63) is 54.3 Å². The summed E-state index contributed by atoms with van der Waals surface area (Å²) in [5.41, 5.74) is 1.11. The van der Waals surface area contributed by atoms with Gasteiger partial charge in [-0.3, -0.25) is 0 Å². The zero-order chi connectivity index (χ0) is 31.6. The Balaban J connectivity index is 2.63. The van der Waals surface area contributed by atoms with Crippen LogP contribution in [0.3, 0.4) is 0 Å². The number of benzene rings is 2. The number of carbonyl (C=O) groups is 3. The van der Waals surface area contributed by atoms with Gasteiger partial charge >= 0.3 is 17.9 Å². The first-order chi connectivity index (χ1) is 19.7. The van der Waals surface area contributed by atoms with E-state index in [9.17, 15) is 18.8 Å². The summed E-state index contributed by atoms with van der Waals surface area (Å²) >= 11 is 0. The molecule has 1 unspecified atom stereocenters. The summed E-state index contributed by atoms with van der Waals surface area (Å²) in [5.74, 6) is -1.98. The van der Waals surface area contributed by atoms with E-state index in [1.807, 2.05) is 30.9 Å². The molecule has 0 aliphatic rings. The van der Waals surface area contributed by atoms with Gasteiger partial charge in [-0.05, 0) is 96.0 Å². The first-order valence-corrected chi connectivity index (χ1v) is 14.3. The van der Waals surface area contributed by atoms with Crippen LogP contribution < -0.4 is 14.5 Å². The molecule has 0 saturated carbocycles. The molecule has 0 fully saturated rings. The van der Waals surface area contributed by atoms with E-state index in [4.69, 9.17) is 18.9 Å². The van der Waals surface area contributed by atoms with Gasteiger partial charge < -0.3 is 28.7 Å². The van der Waals surface area contributed by atoms with Gasteiger partial charge in [0, 0.05) is 24.5 Å². The average molecular weight is 589 g/mol. The third-order valence-corrected chi connectivity index (χ3v) is 6.17. The summed E-state index contributed by atoms with van der Waals surface area (Å²) in [4.78, 5) is 43.5. The number of halogens is 1. The van der Waals surface area contributed by atoms with Gasteiger partial charge in [0.2, 0.25) is 6.04 Å². The van der Waals surface area contributed by atoms with E-state index in [-0.39, 0.29) is 25.1 Å². The van der Waals surface area contributed by atoms with E-state index in [0.717, 1.165) is 0 Å². The topological polar surface area (TPSA) is 94.6 Å². The lowest BCUT2D eigenvalue weighted by atomic mass is 10.0. The van der Waals surface area contributed by atoms with Crippen molar-refractivity contribution in [2.24, 2.45) is 5.92 Å². The molecule has 0 N–H and O–H groups in total. The SMILES string of the molecule is COc1ccc(N(CCN(c2ccc(F)cc2)C(C(=O)OC(C)C)C(=O)OC(C)C)C(C(=O)OC(C)C)C(C)C)cc1. The van der Waals surface area contributed by atoms with Gasteiger partial charge in [-0.2, -0.15) is 0 Å². The van der Waals surface area contributed by atoms with Gasteiger partial charge in [-0.15, -0.1) is 0 Å². The maximum absolute atomic E-state index is 13.9. The Labute approximate surface area is 248 Å². The van der Waals surface area contributed by atoms with E-state index in [1.54, 1.807) is 60.8 Å². The molecule has 0 aliphatic heterocycles. The summed E-state index contributed by atoms with van der Waals surface area (Å²) in [6.45, 7) is 14.4. The van der Waals surface area contributed by atoms with Gasteiger partial charge in [0.1, 0.15) is 17.6 Å². The van der Waals surface area contributed by atoms with Crippen LogP contribution in [0.25, 0.3) is 0 Å². The number of carbonyl (C=O) groups excluding carboxylic acids is 3. The van der Waals surface area contributed by atoms with Crippen molar-refractivity contribution in [1.29, 1.82) is 0 Å². The predicted octanol–water partition coefficient (Wildman–Crippen LogP) is 5.40. The van der Waals surface area contributed by atoms with Crippen LogP contribution in [0.5, 0.6) is 5.75 Å². The zero-order valence-corrected chi connectivity index (χ0v) is 26.1. The second kappa shape index (κ2) is 16.0. The lowest BCUT2D eigenvalue weighted by Gasteiger charge is -2.38. The van der Waals surface area contributed by atoms with Crippen molar-refractivity contribution in [2.45, 2.75) is 85.8 Å². The largest absolute Gasteiger partial charge is 0.497 e. The molecular formula is C32H45FN2O7. The molecule has 9 nitrogen and oxygen atoms in total. The second-order valence-electron chi connectivity index (χ2n) is 11.1. The molecule has 2 aromatic carbocycles. The maximum Gasteiger partial charge on any atom is 0.340 e. The fourth-order valence-electron chi connectivity index (χ4n) is 4.46. The zero-order valence-electron chi connectivity index (χ0n) is 26.1. The third kappa shape index (κ3) is 9.92. The lowest BCUT2D eigenvalue weighted by Crippen LogP contribution is -2.54. The summed E-state index contributed by atoms with van der Waals surface area (Å²) in [5, 5.41) is 0. The van der Waals surface area contributed by atoms with E-state index in [0.29, 0.717) is 17.1 Å². The van der Waals surface area contributed by atoms with E-state index >= 15 is 0 Å². The van der Waals surface area contributed by atoms with E-state index in [2.05, 4.69) is 0 Å². The number of ether oxygens (including phenoxy) is 4. The minimum atomic E-state index is -1.47. The minimum Gasteiger partial charge on any atom is -0.497 e. The number of anilines is 2. The van der Waals surface area contributed by atoms with Crippen LogP contribution in [-0.2, 0) is 28.6 Å². The van der Waals surface area contributed by atoms with Crippen molar-refractivity contribution < 1.29 is 37.7 Å². The molecule has 2 rings (SSSR count). The molecule has 232 valence electrons. The number of rotatable bonds is 15. The molecule has 10 heteroatoms. The molecule has 0 amide bonds. The summed E-state index contributed by atoms with van der Waals surface area (Å²) in [6, 6.07) is 10.5. The monoisotopic (exact) mass is 588 g/mol. The molecule has 0 saturated heterocycles. The molecule has 42 heavy (non-hydrogen) atoms. The Kier molecular flexibility index (Phi) is 13.1. The highest BCUT2D eigenvalue weighted by atomic mass is 19.1. The first kappa shape index (κ1) is 34.4. The Morgan fingerprint density at radius 2 is 1.05 bits per heavy atom. The van der Waals surface area contributed by atoms with Crippen LogP contribution in [0.2, 0.25) is 0 Å². The minimum absolute atomic E-state index is 0.0703. The molecule has 0 aromatic heterocycles. The average Bonchev–Trinajstić information content (AvgIpc) is 2.89. The fourth-order valence-corrected chi connectivity index (χ4v) is 4.46. The van der Waals surface area contributed by atoms with Gasteiger partial charge in [0.25, 0.3) is 0 Å². The van der Waals surface area contributed by atoms with Crippen LogP contribution in [0.15, 0.2) is 48.5 Å². The standard InChI is InChI=1S/C32H45FN2O7/c1-20(2)28(30(36)40-21(3)4)34(26-14-16-27(39-9)17-15-26)18-19-35(25-12-10-24(33)11-13-25)29(31(37)41-22(5)6)32(38)42-23(7)8/h10-17,20-23,28-29H,18-19H2,1-9H3. The number of nitrogens with zero attached hydrogens (tertiary/aromatic N) is 2. The lowest BCUT2D eigenvalue weighted by molar-refractivity contribution is -0.161. The number of hydrogen-bond acceptors (Lipinski definition) is 9. The Morgan fingerprint density at radius 1 is 0.643 bits per heavy atom. The third-order valence-electron chi connectivity index (χ3n) is 6.17. The van der Waals surface area contributed by atoms with Gasteiger partial charge in [-0.1, -0.05) is 13.8 Å². The molecule has 1 atom stereocenters. The molecular weight excluding hydrogens is 543 g/mol. The van der Waals surface area contributed by atoms with E-state index < -0.39 is 48.0 Å². The number of methoxy groups -OCH3 is 1. The molecule has 0 bridgehead atoms. The quantitative estimate of drug-likeness (QED) is 0.154. The predicted molar refractivity (Wildman–Crippen MR) is 160 cm³/mol. The maximum atomic E-state index is 13.9. The number of esters is 3. The summed E-state index contributed by atoms with van der Waals surface area (Å²) in [6.07, 6.45) is -1.31. The van der Waals surface area contributed by atoms with Crippen molar-refractivity contribution >= 4 is 29.3 Å². The fraction of sp³-hybridized carbons (Fsp3) is 0.531. The highest BCUT2D eigenvalue weighted by Crippen LogP contribution is 2.27. The van der Waals surface area contributed by atoms with Gasteiger partial charge in [-0.25, -0.2) is 18.8 Å². The molecule has 0 spiro atoms. The molecule has 2 aromatic rings. The van der Waals surface area contributed by atoms with Crippen LogP contribution in [0, 0.1) is 11.7 Å². The van der Waals surface area contributed by atoms with Crippen molar-refractivity contribution in [1.82, 2.24) is 0 Å². The van der Waals surface area contributed by atoms with Crippen LogP contribution in [0.4, 0.5) is 15.8 Å². The normalized spacial score (nSPS) is 12.1. The summed E-state index contributed by atoms with van der Waals surface area (Å²) in [7, 11) is 1.57. The number of hydrogen-bond donors (Lipinski definition) is 0. The first-order valence-electron chi connectivity index (χ1n) is 14.3. The smallest absolute Gasteiger partial charge is 0.340 e. The highest BCUT2D eigenvalue weighted by molar-refractivity contribution is 6.02. The Hall–Kier alpha value is -3.82. The van der Waals surface area contributed by atoms with Crippen molar-refractivity contribution in [3.8, 4) is 5.75 Å². The summed E-state index contributed by atoms with van der Waals surface area (Å²) < 4.78 is 35.8. The Bertz CT molecular complexity index is 1130. The Morgan fingerprint density at radius 3 is 1.48 bits per heavy atom. The van der Waals surface area contributed by atoms with E-state index in [1.165, 1.54) is 29.2 Å². The molecule has 0 radical (unpaired) electrons. The van der Waals surface area contributed by atoms with Crippen LogP contribution >= 0.6 is 0 Å².